The van der Waals surface area contributed by atoms with Gasteiger partial charge in [0.25, 0.3) is 5.91 Å². The van der Waals surface area contributed by atoms with Crippen LogP contribution < -0.4 is 10.9 Å². The van der Waals surface area contributed by atoms with Gasteiger partial charge in [0.2, 0.25) is 5.43 Å². The van der Waals surface area contributed by atoms with Crippen LogP contribution in [0.25, 0.3) is 11.0 Å². The Morgan fingerprint density at radius 3 is 2.52 bits per heavy atom. The lowest BCUT2D eigenvalue weighted by Gasteiger charge is -2.06. The minimum Gasteiger partial charge on any atom is -0.463 e. The summed E-state index contributed by atoms with van der Waals surface area (Å²) in [6.45, 7) is 0. The monoisotopic (exact) mass is 438 g/mol. The summed E-state index contributed by atoms with van der Waals surface area (Å²) < 4.78 is 43.6. The van der Waals surface area contributed by atoms with Crippen molar-refractivity contribution in [3.05, 3.63) is 80.1 Å². The Kier molecular flexibility index (Phi) is 5.13. The first kappa shape index (κ1) is 18.8. The summed E-state index contributed by atoms with van der Waals surface area (Å²) in [5.74, 6) is -0.715. The highest BCUT2D eigenvalue weighted by atomic mass is 79.9. The van der Waals surface area contributed by atoms with Gasteiger partial charge >= 0.3 is 6.18 Å². The Hall–Kier alpha value is -2.94. The van der Waals surface area contributed by atoms with E-state index in [9.17, 15) is 22.8 Å². The zero-order chi connectivity index (χ0) is 19.6. The van der Waals surface area contributed by atoms with E-state index in [1.807, 2.05) is 0 Å². The van der Waals surface area contributed by atoms with Crippen LogP contribution in [0.15, 0.2) is 67.5 Å². The van der Waals surface area contributed by atoms with Crippen LogP contribution in [0.2, 0.25) is 0 Å². The highest BCUT2D eigenvalue weighted by Crippen LogP contribution is 2.29. The Balaban J connectivity index is 1.75. The van der Waals surface area contributed by atoms with Gasteiger partial charge in [-0.25, -0.2) is 5.43 Å². The molecule has 0 unspecified atom stereocenters. The molecular formula is C18H10BrF3N2O3. The molecule has 0 fully saturated rings. The second-order valence-electron chi connectivity index (χ2n) is 5.43. The van der Waals surface area contributed by atoms with Crippen molar-refractivity contribution in [2.24, 2.45) is 5.10 Å². The van der Waals surface area contributed by atoms with Crippen molar-refractivity contribution in [2.45, 2.75) is 6.18 Å². The van der Waals surface area contributed by atoms with Gasteiger partial charge in [0.15, 0.2) is 0 Å². The molecule has 0 spiro atoms. The number of carbonyl (C=O) groups excluding carboxylic acids is 1. The standard InChI is InChI=1S/C18H10BrF3N2O3/c19-13-5-6-15-14(7-13)16(25)11(9-27-15)8-23-24-17(26)10-1-3-12(4-2-10)18(20,21)22/h1-9H,(H,24,26)/b23-8+. The van der Waals surface area contributed by atoms with Crippen LogP contribution in [0, 0.1) is 0 Å². The van der Waals surface area contributed by atoms with Gasteiger partial charge in [0.05, 0.1) is 22.7 Å². The quantitative estimate of drug-likeness (QED) is 0.488. The lowest BCUT2D eigenvalue weighted by atomic mass is 10.1. The molecule has 1 heterocycles. The van der Waals surface area contributed by atoms with Gasteiger partial charge in [-0.1, -0.05) is 15.9 Å². The summed E-state index contributed by atoms with van der Waals surface area (Å²) in [4.78, 5) is 24.3. The molecule has 1 aromatic heterocycles. The number of benzene rings is 2. The molecule has 3 rings (SSSR count). The summed E-state index contributed by atoms with van der Waals surface area (Å²) in [5, 5.41) is 4.00. The van der Waals surface area contributed by atoms with E-state index in [2.05, 4.69) is 26.5 Å². The Morgan fingerprint density at radius 1 is 1.15 bits per heavy atom. The van der Waals surface area contributed by atoms with E-state index in [1.165, 1.54) is 6.26 Å². The van der Waals surface area contributed by atoms with E-state index < -0.39 is 17.6 Å². The van der Waals surface area contributed by atoms with E-state index in [4.69, 9.17) is 4.42 Å². The van der Waals surface area contributed by atoms with Crippen LogP contribution in [-0.4, -0.2) is 12.1 Å². The number of carbonyl (C=O) groups is 1. The summed E-state index contributed by atoms with van der Waals surface area (Å²) in [6, 6.07) is 8.63. The van der Waals surface area contributed by atoms with E-state index in [0.717, 1.165) is 30.5 Å². The van der Waals surface area contributed by atoms with Crippen LogP contribution in [0.5, 0.6) is 0 Å². The van der Waals surface area contributed by atoms with Crippen LogP contribution in [0.3, 0.4) is 0 Å². The minimum absolute atomic E-state index is 0.00498. The Bertz CT molecular complexity index is 1090. The van der Waals surface area contributed by atoms with Gasteiger partial charge in [0, 0.05) is 10.0 Å². The van der Waals surface area contributed by atoms with Gasteiger partial charge in [-0.15, -0.1) is 0 Å². The number of nitrogens with one attached hydrogen (secondary N) is 1. The number of halogens is 4. The molecule has 1 N–H and O–H groups in total. The maximum absolute atomic E-state index is 12.5. The highest BCUT2D eigenvalue weighted by Gasteiger charge is 2.30. The lowest BCUT2D eigenvalue weighted by Crippen LogP contribution is -2.19. The summed E-state index contributed by atoms with van der Waals surface area (Å²) >= 11 is 3.26. The predicted octanol–water partition coefficient (Wildman–Crippen LogP) is 4.34. The average molecular weight is 439 g/mol. The highest BCUT2D eigenvalue weighted by molar-refractivity contribution is 9.10. The number of nitrogens with zero attached hydrogens (tertiary/aromatic N) is 1. The van der Waals surface area contributed by atoms with E-state index >= 15 is 0 Å². The average Bonchev–Trinajstić information content (AvgIpc) is 2.63. The van der Waals surface area contributed by atoms with Crippen molar-refractivity contribution >= 4 is 39.0 Å². The normalized spacial score (nSPS) is 11.9. The number of hydrazone groups is 1. The fourth-order valence-corrected chi connectivity index (χ4v) is 2.60. The van der Waals surface area contributed by atoms with Crippen molar-refractivity contribution in [1.29, 1.82) is 0 Å². The van der Waals surface area contributed by atoms with Crippen molar-refractivity contribution < 1.29 is 22.4 Å². The lowest BCUT2D eigenvalue weighted by molar-refractivity contribution is -0.137. The Labute approximate surface area is 158 Å². The summed E-state index contributed by atoms with van der Waals surface area (Å²) in [5.41, 5.74) is 1.45. The van der Waals surface area contributed by atoms with E-state index in [1.54, 1.807) is 18.2 Å². The number of hydrogen-bond acceptors (Lipinski definition) is 4. The SMILES string of the molecule is O=C(N/N=C/c1coc2ccc(Br)cc2c1=O)c1ccc(C(F)(F)F)cc1. The first-order valence-corrected chi connectivity index (χ1v) is 8.27. The predicted molar refractivity (Wildman–Crippen MR) is 96.7 cm³/mol. The molecule has 2 aromatic carbocycles. The molecule has 0 aliphatic heterocycles. The van der Waals surface area contributed by atoms with Gasteiger partial charge in [-0.3, -0.25) is 9.59 Å². The van der Waals surface area contributed by atoms with E-state index in [0.29, 0.717) is 15.4 Å². The molecule has 0 saturated heterocycles. The van der Waals surface area contributed by atoms with Crippen molar-refractivity contribution in [1.82, 2.24) is 5.43 Å². The molecule has 9 heteroatoms. The first-order valence-electron chi connectivity index (χ1n) is 7.47. The second kappa shape index (κ2) is 7.36. The maximum atomic E-state index is 12.5. The molecule has 0 radical (unpaired) electrons. The smallest absolute Gasteiger partial charge is 0.416 e. The fourth-order valence-electron chi connectivity index (χ4n) is 2.24. The van der Waals surface area contributed by atoms with E-state index in [-0.39, 0.29) is 16.6 Å². The second-order valence-corrected chi connectivity index (χ2v) is 6.35. The van der Waals surface area contributed by atoms with Crippen LogP contribution >= 0.6 is 15.9 Å². The largest absolute Gasteiger partial charge is 0.463 e. The molecule has 3 aromatic rings. The summed E-state index contributed by atoms with van der Waals surface area (Å²) in [6.07, 6.45) is -2.17. The van der Waals surface area contributed by atoms with Crippen LogP contribution in [0.4, 0.5) is 13.2 Å². The molecule has 0 atom stereocenters. The number of rotatable bonds is 3. The van der Waals surface area contributed by atoms with Crippen molar-refractivity contribution in [3.63, 3.8) is 0 Å². The number of fused-ring (bicyclic) bond motifs is 1. The maximum Gasteiger partial charge on any atom is 0.416 e. The molecule has 5 nitrogen and oxygen atoms in total. The fraction of sp³-hybridized carbons (Fsp3) is 0.0556. The number of hydrogen-bond donors (Lipinski definition) is 1. The molecule has 0 bridgehead atoms. The molecule has 27 heavy (non-hydrogen) atoms. The first-order chi connectivity index (χ1) is 12.8. The van der Waals surface area contributed by atoms with Crippen LogP contribution in [-0.2, 0) is 6.18 Å². The molecule has 138 valence electrons. The third-order valence-corrected chi connectivity index (χ3v) is 4.10. The van der Waals surface area contributed by atoms with Crippen molar-refractivity contribution in [2.75, 3.05) is 0 Å². The Morgan fingerprint density at radius 2 is 1.85 bits per heavy atom. The van der Waals surface area contributed by atoms with Gasteiger partial charge in [-0.05, 0) is 42.5 Å². The third-order valence-electron chi connectivity index (χ3n) is 3.61. The summed E-state index contributed by atoms with van der Waals surface area (Å²) in [7, 11) is 0. The van der Waals surface area contributed by atoms with Crippen LogP contribution in [0.1, 0.15) is 21.5 Å². The molecule has 0 saturated carbocycles. The molecule has 0 aliphatic rings. The minimum atomic E-state index is -4.48. The van der Waals surface area contributed by atoms with Gasteiger partial charge in [0.1, 0.15) is 11.8 Å². The molecule has 1 amide bonds. The third kappa shape index (κ3) is 4.25. The number of amides is 1. The molecule has 0 aliphatic carbocycles. The zero-order valence-corrected chi connectivity index (χ0v) is 15.0. The molecular weight excluding hydrogens is 429 g/mol. The van der Waals surface area contributed by atoms with Gasteiger partial charge < -0.3 is 4.42 Å². The number of alkyl halides is 3. The van der Waals surface area contributed by atoms with Gasteiger partial charge in [-0.2, -0.15) is 18.3 Å². The topological polar surface area (TPSA) is 71.7 Å². The zero-order valence-electron chi connectivity index (χ0n) is 13.4. The van der Waals surface area contributed by atoms with Crippen molar-refractivity contribution in [3.8, 4) is 0 Å².